The van der Waals surface area contributed by atoms with Crippen LogP contribution in [0.25, 0.3) is 0 Å². The van der Waals surface area contributed by atoms with E-state index in [1.807, 2.05) is 30.3 Å². The first-order valence-corrected chi connectivity index (χ1v) is 12.1. The number of nitrogens with one attached hydrogen (secondary N) is 1. The first-order chi connectivity index (χ1) is 16.9. The van der Waals surface area contributed by atoms with Crippen LogP contribution >= 0.6 is 0 Å². The summed E-state index contributed by atoms with van der Waals surface area (Å²) in [7, 11) is 3.15. The van der Waals surface area contributed by atoms with E-state index in [2.05, 4.69) is 41.4 Å². The lowest BCUT2D eigenvalue weighted by molar-refractivity contribution is -0.116. The van der Waals surface area contributed by atoms with Crippen molar-refractivity contribution in [2.45, 2.75) is 38.6 Å². The van der Waals surface area contributed by atoms with Crippen LogP contribution in [-0.2, 0) is 25.4 Å². The maximum atomic E-state index is 13.3. The molecule has 0 radical (unpaired) electrons. The number of benzene rings is 2. The SMILES string of the molecule is CCN(Cc1ccccc1)c1ccc(C2C3=C(CCCC3=O)Nc3c2c(=O)n(C)c(=O)n3C)cc1. The van der Waals surface area contributed by atoms with Gasteiger partial charge in [0.15, 0.2) is 5.78 Å². The van der Waals surface area contributed by atoms with Crippen molar-refractivity contribution in [3.63, 3.8) is 0 Å². The van der Waals surface area contributed by atoms with Crippen LogP contribution in [0, 0.1) is 0 Å². The Hall–Kier alpha value is -3.87. The highest BCUT2D eigenvalue weighted by atomic mass is 16.2. The molecular weight excluding hydrogens is 440 g/mol. The third kappa shape index (κ3) is 3.91. The first-order valence-electron chi connectivity index (χ1n) is 12.1. The highest BCUT2D eigenvalue weighted by Gasteiger charge is 2.38. The van der Waals surface area contributed by atoms with E-state index in [9.17, 15) is 14.4 Å². The zero-order valence-electron chi connectivity index (χ0n) is 20.4. The lowest BCUT2D eigenvalue weighted by Gasteiger charge is -2.34. The summed E-state index contributed by atoms with van der Waals surface area (Å²) in [6.07, 6.45) is 1.95. The molecule has 1 aliphatic heterocycles. The Kier molecular flexibility index (Phi) is 5.93. The molecule has 0 amide bonds. The molecule has 0 spiro atoms. The van der Waals surface area contributed by atoms with Gasteiger partial charge >= 0.3 is 5.69 Å². The molecule has 1 aromatic heterocycles. The molecule has 2 aliphatic rings. The Bertz CT molecular complexity index is 1430. The number of nitrogens with zero attached hydrogens (tertiary/aromatic N) is 3. The van der Waals surface area contributed by atoms with Crippen molar-refractivity contribution in [3.05, 3.63) is 103 Å². The van der Waals surface area contributed by atoms with Gasteiger partial charge in [-0.2, -0.15) is 0 Å². The van der Waals surface area contributed by atoms with Gasteiger partial charge in [0.25, 0.3) is 5.56 Å². The number of anilines is 2. The van der Waals surface area contributed by atoms with Gasteiger partial charge in [-0.1, -0.05) is 42.5 Å². The van der Waals surface area contributed by atoms with Crippen molar-refractivity contribution in [3.8, 4) is 0 Å². The number of ketones is 1. The van der Waals surface area contributed by atoms with Crippen LogP contribution in [0.5, 0.6) is 0 Å². The zero-order chi connectivity index (χ0) is 24.7. The predicted molar refractivity (Wildman–Crippen MR) is 138 cm³/mol. The monoisotopic (exact) mass is 470 g/mol. The normalized spacial score (nSPS) is 17.0. The van der Waals surface area contributed by atoms with Gasteiger partial charge in [0, 0.05) is 56.5 Å². The van der Waals surface area contributed by atoms with E-state index in [-0.39, 0.29) is 17.0 Å². The molecule has 3 aromatic rings. The van der Waals surface area contributed by atoms with Crippen LogP contribution in [0.1, 0.15) is 48.8 Å². The average Bonchev–Trinajstić information content (AvgIpc) is 2.89. The molecule has 1 aliphatic carbocycles. The summed E-state index contributed by atoms with van der Waals surface area (Å²) in [5, 5.41) is 3.27. The molecule has 180 valence electrons. The summed E-state index contributed by atoms with van der Waals surface area (Å²) in [5.74, 6) is 0.0475. The van der Waals surface area contributed by atoms with Gasteiger partial charge in [-0.15, -0.1) is 0 Å². The Labute approximate surface area is 204 Å². The lowest BCUT2D eigenvalue weighted by Crippen LogP contribution is -2.44. The van der Waals surface area contributed by atoms with Gasteiger partial charge in [0.2, 0.25) is 0 Å². The number of allylic oxidation sites excluding steroid dienone is 2. The molecule has 5 rings (SSSR count). The number of hydrogen-bond donors (Lipinski definition) is 1. The quantitative estimate of drug-likeness (QED) is 0.616. The molecule has 7 heteroatoms. The fraction of sp³-hybridized carbons (Fsp3) is 0.321. The van der Waals surface area contributed by atoms with Crippen LogP contribution in [0.3, 0.4) is 0 Å². The lowest BCUT2D eigenvalue weighted by atomic mass is 9.76. The highest BCUT2D eigenvalue weighted by molar-refractivity contribution is 6.00. The van der Waals surface area contributed by atoms with Gasteiger partial charge in [0.05, 0.1) is 5.56 Å². The summed E-state index contributed by atoms with van der Waals surface area (Å²) in [4.78, 5) is 41.4. The number of carbonyl (C=O) groups excluding carboxylic acids is 1. The minimum absolute atomic E-state index is 0.0636. The van der Waals surface area contributed by atoms with Crippen LogP contribution in [0.4, 0.5) is 11.5 Å². The van der Waals surface area contributed by atoms with Gasteiger partial charge in [-0.05, 0) is 43.0 Å². The van der Waals surface area contributed by atoms with E-state index in [0.717, 1.165) is 47.4 Å². The van der Waals surface area contributed by atoms with Crippen LogP contribution in [-0.4, -0.2) is 21.5 Å². The van der Waals surface area contributed by atoms with Crippen molar-refractivity contribution in [1.82, 2.24) is 9.13 Å². The molecule has 7 nitrogen and oxygen atoms in total. The third-order valence-corrected chi connectivity index (χ3v) is 7.19. The molecule has 0 saturated heterocycles. The van der Waals surface area contributed by atoms with Crippen molar-refractivity contribution < 1.29 is 4.79 Å². The fourth-order valence-corrected chi connectivity index (χ4v) is 5.30. The maximum Gasteiger partial charge on any atom is 0.332 e. The Balaban J connectivity index is 1.60. The molecule has 1 unspecified atom stereocenters. The van der Waals surface area contributed by atoms with Gasteiger partial charge in [0.1, 0.15) is 5.82 Å². The Morgan fingerprint density at radius 1 is 0.943 bits per heavy atom. The van der Waals surface area contributed by atoms with Crippen molar-refractivity contribution in [2.75, 3.05) is 16.8 Å². The van der Waals surface area contributed by atoms with Crippen LogP contribution in [0.2, 0.25) is 0 Å². The minimum Gasteiger partial charge on any atom is -0.367 e. The second-order valence-corrected chi connectivity index (χ2v) is 9.29. The smallest absolute Gasteiger partial charge is 0.332 e. The highest BCUT2D eigenvalue weighted by Crippen LogP contribution is 2.43. The second-order valence-electron chi connectivity index (χ2n) is 9.29. The first kappa shape index (κ1) is 22.9. The number of Topliss-reactive ketones (excluding diaryl/α,β-unsaturated/α-hetero) is 1. The van der Waals surface area contributed by atoms with Gasteiger partial charge in [-0.25, -0.2) is 4.79 Å². The number of rotatable bonds is 5. The summed E-state index contributed by atoms with van der Waals surface area (Å²) in [6, 6.07) is 18.5. The molecule has 1 N–H and O–H groups in total. The van der Waals surface area contributed by atoms with E-state index < -0.39 is 5.92 Å². The molecule has 0 saturated carbocycles. The summed E-state index contributed by atoms with van der Waals surface area (Å²) in [6.45, 7) is 3.77. The molecule has 0 fully saturated rings. The van der Waals surface area contributed by atoms with Crippen LogP contribution in [0.15, 0.2) is 75.5 Å². The van der Waals surface area contributed by atoms with Gasteiger partial charge < -0.3 is 10.2 Å². The Morgan fingerprint density at radius 3 is 2.34 bits per heavy atom. The molecule has 2 aromatic carbocycles. The number of fused-ring (bicyclic) bond motifs is 1. The van der Waals surface area contributed by atoms with E-state index in [4.69, 9.17) is 0 Å². The predicted octanol–water partition coefficient (Wildman–Crippen LogP) is 3.68. The zero-order valence-corrected chi connectivity index (χ0v) is 20.4. The second kappa shape index (κ2) is 9.06. The van der Waals surface area contributed by atoms with Crippen molar-refractivity contribution >= 4 is 17.3 Å². The van der Waals surface area contributed by atoms with Crippen LogP contribution < -0.4 is 21.5 Å². The summed E-state index contributed by atoms with van der Waals surface area (Å²) >= 11 is 0. The van der Waals surface area contributed by atoms with Crippen molar-refractivity contribution in [2.24, 2.45) is 14.1 Å². The average molecular weight is 471 g/mol. The van der Waals surface area contributed by atoms with E-state index >= 15 is 0 Å². The topological polar surface area (TPSA) is 76.3 Å². The number of carbonyl (C=O) groups is 1. The fourth-order valence-electron chi connectivity index (χ4n) is 5.30. The van der Waals surface area contributed by atoms with E-state index in [1.165, 1.54) is 17.2 Å². The minimum atomic E-state index is -0.502. The number of aromatic nitrogens is 2. The summed E-state index contributed by atoms with van der Waals surface area (Å²) < 4.78 is 2.60. The summed E-state index contributed by atoms with van der Waals surface area (Å²) in [5.41, 5.74) is 4.37. The third-order valence-electron chi connectivity index (χ3n) is 7.19. The maximum absolute atomic E-state index is 13.3. The largest absolute Gasteiger partial charge is 0.367 e. The molecule has 1 atom stereocenters. The molecule has 0 bridgehead atoms. The standard InChI is InChI=1S/C28H30N4O3/c1-4-32(17-18-9-6-5-7-10-18)20-15-13-19(14-16-20)23-24-21(11-8-12-22(24)33)29-26-25(23)27(34)31(3)28(35)30(26)2/h5-7,9-10,13-16,23,29H,4,8,11-12,17H2,1-3H3. The molecule has 35 heavy (non-hydrogen) atoms. The number of hydrogen-bond acceptors (Lipinski definition) is 5. The molecular formula is C28H30N4O3. The van der Waals surface area contributed by atoms with E-state index in [0.29, 0.717) is 23.4 Å². The Morgan fingerprint density at radius 2 is 1.66 bits per heavy atom. The molecule has 2 heterocycles. The van der Waals surface area contributed by atoms with Gasteiger partial charge in [-0.3, -0.25) is 18.7 Å². The van der Waals surface area contributed by atoms with E-state index in [1.54, 1.807) is 7.05 Å². The van der Waals surface area contributed by atoms with Crippen molar-refractivity contribution in [1.29, 1.82) is 0 Å².